The van der Waals surface area contributed by atoms with Crippen LogP contribution >= 0.6 is 23.2 Å². The van der Waals surface area contributed by atoms with Crippen LogP contribution in [0.4, 0.5) is 5.69 Å². The Morgan fingerprint density at radius 2 is 1.94 bits per heavy atom. The first-order valence-electron chi connectivity index (χ1n) is 5.62. The molecule has 18 heavy (non-hydrogen) atoms. The van der Waals surface area contributed by atoms with Gasteiger partial charge in [0.2, 0.25) is 0 Å². The molecule has 6 heteroatoms. The van der Waals surface area contributed by atoms with Gasteiger partial charge >= 0.3 is 0 Å². The molecule has 1 aromatic carbocycles. The number of rotatable bonds is 2. The van der Waals surface area contributed by atoms with Crippen LogP contribution in [0, 0.1) is 0 Å². The lowest BCUT2D eigenvalue weighted by atomic mass is 9.90. The molecule has 0 aromatic heterocycles. The first-order chi connectivity index (χ1) is 8.36. The van der Waals surface area contributed by atoms with Gasteiger partial charge in [-0.3, -0.25) is 4.79 Å². The summed E-state index contributed by atoms with van der Waals surface area (Å²) in [5.41, 5.74) is 5.51. The molecule has 0 saturated carbocycles. The number of benzene rings is 1. The molecule has 0 spiro atoms. The highest BCUT2D eigenvalue weighted by atomic mass is 35.5. The molecule has 0 aliphatic carbocycles. The molecule has 1 aromatic rings. The number of nitrogens with two attached hydrogens (primary N) is 1. The lowest BCUT2D eigenvalue weighted by Gasteiger charge is -2.46. The average molecular weight is 289 g/mol. The maximum absolute atomic E-state index is 12.1. The Hall–Kier alpha value is -0.970. The standard InChI is InChI=1S/C12H14Cl2N2O2/c1-2-12(18)5-16(6-12)11(17)7-3-8(13)10(15)9(14)4-7/h3-4,18H,2,5-6,15H2,1H3. The van der Waals surface area contributed by atoms with Gasteiger partial charge in [-0.15, -0.1) is 0 Å². The molecule has 0 bridgehead atoms. The summed E-state index contributed by atoms with van der Waals surface area (Å²) in [4.78, 5) is 13.7. The van der Waals surface area contributed by atoms with Crippen LogP contribution < -0.4 is 5.73 Å². The molecule has 98 valence electrons. The lowest BCUT2D eigenvalue weighted by molar-refractivity contribution is -0.0826. The molecule has 2 rings (SSSR count). The van der Waals surface area contributed by atoms with Crippen LogP contribution in [0.2, 0.25) is 10.0 Å². The Morgan fingerprint density at radius 3 is 2.39 bits per heavy atom. The van der Waals surface area contributed by atoms with Crippen molar-refractivity contribution < 1.29 is 9.90 Å². The Balaban J connectivity index is 2.16. The molecular weight excluding hydrogens is 275 g/mol. The number of carbonyl (C=O) groups excluding carboxylic acids is 1. The fraction of sp³-hybridized carbons (Fsp3) is 0.417. The molecule has 0 radical (unpaired) electrons. The number of anilines is 1. The van der Waals surface area contributed by atoms with E-state index in [0.717, 1.165) is 0 Å². The first-order valence-corrected chi connectivity index (χ1v) is 6.38. The topological polar surface area (TPSA) is 66.6 Å². The highest BCUT2D eigenvalue weighted by molar-refractivity contribution is 6.39. The van der Waals surface area contributed by atoms with Crippen LogP contribution in [0.3, 0.4) is 0 Å². The van der Waals surface area contributed by atoms with Crippen LogP contribution in [0.5, 0.6) is 0 Å². The highest BCUT2D eigenvalue weighted by Gasteiger charge is 2.42. The molecule has 1 fully saturated rings. The Morgan fingerprint density at radius 1 is 1.44 bits per heavy atom. The molecule has 1 saturated heterocycles. The van der Waals surface area contributed by atoms with Crippen LogP contribution in [0.25, 0.3) is 0 Å². The first kappa shape index (κ1) is 13.5. The van der Waals surface area contributed by atoms with Gasteiger partial charge < -0.3 is 15.7 Å². The minimum absolute atomic E-state index is 0.197. The van der Waals surface area contributed by atoms with Crippen molar-refractivity contribution >= 4 is 34.8 Å². The van der Waals surface area contributed by atoms with Crippen molar-refractivity contribution in [2.24, 2.45) is 0 Å². The van der Waals surface area contributed by atoms with Crippen molar-refractivity contribution in [3.8, 4) is 0 Å². The van der Waals surface area contributed by atoms with Gasteiger partial charge in [-0.25, -0.2) is 0 Å². The number of amides is 1. The number of hydrogen-bond acceptors (Lipinski definition) is 3. The third-order valence-electron chi connectivity index (χ3n) is 3.24. The number of nitrogens with zero attached hydrogens (tertiary/aromatic N) is 1. The predicted octanol–water partition coefficient (Wildman–Crippen LogP) is 2.17. The molecular formula is C12H14Cl2N2O2. The summed E-state index contributed by atoms with van der Waals surface area (Å²) in [6.45, 7) is 2.56. The van der Waals surface area contributed by atoms with Gasteiger partial charge in [-0.1, -0.05) is 30.1 Å². The van der Waals surface area contributed by atoms with Crippen molar-refractivity contribution in [3.63, 3.8) is 0 Å². The second-order valence-electron chi connectivity index (χ2n) is 4.59. The zero-order chi connectivity index (χ0) is 13.5. The second-order valence-corrected chi connectivity index (χ2v) is 5.41. The zero-order valence-electron chi connectivity index (χ0n) is 9.91. The Labute approximate surface area is 115 Å². The second kappa shape index (κ2) is 4.61. The fourth-order valence-corrected chi connectivity index (χ4v) is 2.41. The summed E-state index contributed by atoms with van der Waals surface area (Å²) < 4.78 is 0. The van der Waals surface area contributed by atoms with E-state index < -0.39 is 5.60 Å². The molecule has 4 nitrogen and oxygen atoms in total. The maximum atomic E-state index is 12.1. The third-order valence-corrected chi connectivity index (χ3v) is 3.87. The van der Waals surface area contributed by atoms with Crippen molar-refractivity contribution in [1.29, 1.82) is 0 Å². The van der Waals surface area contributed by atoms with Crippen molar-refractivity contribution in [3.05, 3.63) is 27.7 Å². The third kappa shape index (κ3) is 2.28. The van der Waals surface area contributed by atoms with E-state index in [0.29, 0.717) is 25.1 Å². The van der Waals surface area contributed by atoms with E-state index in [2.05, 4.69) is 0 Å². The van der Waals surface area contributed by atoms with Crippen molar-refractivity contribution in [1.82, 2.24) is 4.90 Å². The lowest BCUT2D eigenvalue weighted by Crippen LogP contribution is -2.63. The molecule has 3 N–H and O–H groups in total. The predicted molar refractivity (Wildman–Crippen MR) is 72.0 cm³/mol. The monoisotopic (exact) mass is 288 g/mol. The van der Waals surface area contributed by atoms with Crippen LogP contribution in [-0.4, -0.2) is 34.6 Å². The van der Waals surface area contributed by atoms with E-state index in [9.17, 15) is 9.90 Å². The van der Waals surface area contributed by atoms with Gasteiger partial charge in [-0.05, 0) is 18.6 Å². The summed E-state index contributed by atoms with van der Waals surface area (Å²) in [5.74, 6) is -0.197. The van der Waals surface area contributed by atoms with E-state index in [1.54, 1.807) is 4.90 Å². The number of nitrogen functional groups attached to an aromatic ring is 1. The van der Waals surface area contributed by atoms with Crippen LogP contribution in [0.1, 0.15) is 23.7 Å². The number of β-amino-alcohol motifs (C(OH)–C–C–N with tert-alkyl or cyclic N) is 1. The molecule has 1 aliphatic rings. The van der Waals surface area contributed by atoms with E-state index in [1.807, 2.05) is 6.92 Å². The number of aliphatic hydroxyl groups is 1. The largest absolute Gasteiger partial charge is 0.396 e. The zero-order valence-corrected chi connectivity index (χ0v) is 11.4. The summed E-state index contributed by atoms with van der Waals surface area (Å²) in [6.07, 6.45) is 0.625. The maximum Gasteiger partial charge on any atom is 0.254 e. The van der Waals surface area contributed by atoms with Gasteiger partial charge in [0, 0.05) is 5.56 Å². The number of carbonyl (C=O) groups is 1. The van der Waals surface area contributed by atoms with Gasteiger partial charge in [0.1, 0.15) is 0 Å². The summed E-state index contributed by atoms with van der Waals surface area (Å²) >= 11 is 11.8. The Bertz CT molecular complexity index is 476. The summed E-state index contributed by atoms with van der Waals surface area (Å²) in [5, 5.41) is 10.4. The summed E-state index contributed by atoms with van der Waals surface area (Å²) in [6, 6.07) is 2.99. The van der Waals surface area contributed by atoms with E-state index in [-0.39, 0.29) is 21.6 Å². The van der Waals surface area contributed by atoms with Crippen LogP contribution in [-0.2, 0) is 0 Å². The van der Waals surface area contributed by atoms with Crippen molar-refractivity contribution in [2.45, 2.75) is 18.9 Å². The molecule has 0 atom stereocenters. The van der Waals surface area contributed by atoms with E-state index >= 15 is 0 Å². The van der Waals surface area contributed by atoms with E-state index in [4.69, 9.17) is 28.9 Å². The molecule has 1 amide bonds. The molecule has 1 heterocycles. The number of halogens is 2. The highest BCUT2D eigenvalue weighted by Crippen LogP contribution is 2.31. The number of hydrogen-bond donors (Lipinski definition) is 2. The minimum atomic E-state index is -0.753. The molecule has 0 unspecified atom stereocenters. The van der Waals surface area contributed by atoms with Crippen molar-refractivity contribution in [2.75, 3.05) is 18.8 Å². The van der Waals surface area contributed by atoms with Gasteiger partial charge in [-0.2, -0.15) is 0 Å². The SMILES string of the molecule is CCC1(O)CN(C(=O)c2cc(Cl)c(N)c(Cl)c2)C1. The minimum Gasteiger partial charge on any atom is -0.396 e. The summed E-state index contributed by atoms with van der Waals surface area (Å²) in [7, 11) is 0. The van der Waals surface area contributed by atoms with Gasteiger partial charge in [0.15, 0.2) is 0 Å². The average Bonchev–Trinajstić information content (AvgIpc) is 2.30. The number of likely N-dealkylation sites (tertiary alicyclic amines) is 1. The smallest absolute Gasteiger partial charge is 0.254 e. The normalized spacial score (nSPS) is 17.4. The van der Waals surface area contributed by atoms with Gasteiger partial charge in [0.05, 0.1) is 34.4 Å². The fourth-order valence-electron chi connectivity index (χ4n) is 1.92. The van der Waals surface area contributed by atoms with Crippen LogP contribution in [0.15, 0.2) is 12.1 Å². The quantitative estimate of drug-likeness (QED) is 0.820. The van der Waals surface area contributed by atoms with Gasteiger partial charge in [0.25, 0.3) is 5.91 Å². The Kier molecular flexibility index (Phi) is 3.45. The molecule has 1 aliphatic heterocycles. The van der Waals surface area contributed by atoms with E-state index in [1.165, 1.54) is 12.1 Å².